The van der Waals surface area contributed by atoms with Gasteiger partial charge in [-0.15, -0.1) is 0 Å². The highest BCUT2D eigenvalue weighted by atomic mass is 19.1. The van der Waals surface area contributed by atoms with Crippen LogP contribution < -0.4 is 5.32 Å². The maximum atomic E-state index is 13.9. The molecule has 3 amide bonds. The Morgan fingerprint density at radius 3 is 2.47 bits per heavy atom. The molecule has 0 saturated carbocycles. The topological polar surface area (TPSA) is 57.6 Å². The van der Waals surface area contributed by atoms with Crippen LogP contribution in [0.2, 0.25) is 0 Å². The van der Waals surface area contributed by atoms with Crippen LogP contribution in [0.15, 0.2) is 42.6 Å². The van der Waals surface area contributed by atoms with Crippen molar-refractivity contribution in [1.29, 1.82) is 0 Å². The molecule has 1 aromatic heterocycles. The lowest BCUT2D eigenvalue weighted by molar-refractivity contribution is -0.132. The summed E-state index contributed by atoms with van der Waals surface area (Å²) < 4.78 is 15.9. The van der Waals surface area contributed by atoms with Gasteiger partial charge in [-0.25, -0.2) is 9.18 Å². The minimum Gasteiger partial charge on any atom is -0.353 e. The third-order valence-corrected chi connectivity index (χ3v) is 4.85. The van der Waals surface area contributed by atoms with Gasteiger partial charge in [-0.1, -0.05) is 39.3 Å². The first-order valence-corrected chi connectivity index (χ1v) is 10.5. The number of nitrogens with one attached hydrogen (secondary N) is 1. The van der Waals surface area contributed by atoms with Crippen LogP contribution in [0.3, 0.4) is 0 Å². The highest BCUT2D eigenvalue weighted by molar-refractivity contribution is 5.92. The molecular formula is C23H33FN4O2. The van der Waals surface area contributed by atoms with Crippen molar-refractivity contribution in [2.75, 3.05) is 25.0 Å². The Hall–Kier alpha value is -2.83. The van der Waals surface area contributed by atoms with Crippen LogP contribution in [-0.4, -0.2) is 45.9 Å². The molecule has 164 valence electrons. The monoisotopic (exact) mass is 416 g/mol. The number of urea groups is 1. The number of nitrogens with zero attached hydrogens (tertiary/aromatic N) is 3. The number of para-hydroxylation sites is 1. The summed E-state index contributed by atoms with van der Waals surface area (Å²) in [6.45, 7) is 7.51. The van der Waals surface area contributed by atoms with Crippen molar-refractivity contribution in [1.82, 2.24) is 14.4 Å². The first-order chi connectivity index (χ1) is 14.3. The molecule has 0 atom stereocenters. The SMILES string of the molecule is CCCCN(Cc1cccn1C)C(=O)CN(CC(C)C)C(=O)Nc1ccccc1F. The molecule has 2 rings (SSSR count). The van der Waals surface area contributed by atoms with E-state index in [1.54, 1.807) is 17.0 Å². The molecule has 0 fully saturated rings. The second kappa shape index (κ2) is 11.4. The molecule has 0 bridgehead atoms. The van der Waals surface area contributed by atoms with Gasteiger partial charge in [0.1, 0.15) is 12.4 Å². The second-order valence-electron chi connectivity index (χ2n) is 7.96. The van der Waals surface area contributed by atoms with E-state index in [-0.39, 0.29) is 24.1 Å². The molecule has 2 aromatic rings. The molecule has 1 aromatic carbocycles. The molecule has 0 spiro atoms. The summed E-state index contributed by atoms with van der Waals surface area (Å²) in [6, 6.07) is 9.48. The fourth-order valence-electron chi connectivity index (χ4n) is 3.18. The van der Waals surface area contributed by atoms with Crippen molar-refractivity contribution in [3.63, 3.8) is 0 Å². The van der Waals surface area contributed by atoms with Crippen LogP contribution >= 0.6 is 0 Å². The van der Waals surface area contributed by atoms with Gasteiger partial charge >= 0.3 is 6.03 Å². The molecule has 0 radical (unpaired) electrons. The lowest BCUT2D eigenvalue weighted by atomic mass is 10.2. The Morgan fingerprint density at radius 1 is 1.13 bits per heavy atom. The maximum absolute atomic E-state index is 13.9. The Bertz CT molecular complexity index is 834. The summed E-state index contributed by atoms with van der Waals surface area (Å²) >= 11 is 0. The van der Waals surface area contributed by atoms with Crippen LogP contribution in [-0.2, 0) is 18.4 Å². The number of benzene rings is 1. The number of aromatic nitrogens is 1. The van der Waals surface area contributed by atoms with Crippen molar-refractivity contribution in [3.05, 3.63) is 54.1 Å². The van der Waals surface area contributed by atoms with Crippen LogP contribution in [0.5, 0.6) is 0 Å². The van der Waals surface area contributed by atoms with Gasteiger partial charge in [0.25, 0.3) is 0 Å². The van der Waals surface area contributed by atoms with E-state index in [0.717, 1.165) is 18.5 Å². The molecule has 0 aliphatic carbocycles. The van der Waals surface area contributed by atoms with Gasteiger partial charge in [-0.3, -0.25) is 4.79 Å². The standard InChI is InChI=1S/C23H33FN4O2/c1-5-6-14-27(16-19-10-9-13-26(19)4)22(29)17-28(15-18(2)3)23(30)25-21-12-8-7-11-20(21)24/h7-13,18H,5-6,14-17H2,1-4H3,(H,25,30). The smallest absolute Gasteiger partial charge is 0.322 e. The first kappa shape index (κ1) is 23.4. The second-order valence-corrected chi connectivity index (χ2v) is 7.96. The van der Waals surface area contributed by atoms with E-state index in [4.69, 9.17) is 0 Å². The van der Waals surface area contributed by atoms with Crippen molar-refractivity contribution >= 4 is 17.6 Å². The molecule has 0 saturated heterocycles. The number of rotatable bonds is 10. The fraction of sp³-hybridized carbons (Fsp3) is 0.478. The summed E-state index contributed by atoms with van der Waals surface area (Å²) in [6.07, 6.45) is 3.81. The Balaban J connectivity index is 2.13. The number of amides is 3. The largest absolute Gasteiger partial charge is 0.353 e. The molecule has 0 aliphatic rings. The average molecular weight is 417 g/mol. The van der Waals surface area contributed by atoms with E-state index in [9.17, 15) is 14.0 Å². The maximum Gasteiger partial charge on any atom is 0.322 e. The quantitative estimate of drug-likeness (QED) is 0.621. The fourth-order valence-corrected chi connectivity index (χ4v) is 3.18. The normalized spacial score (nSPS) is 10.9. The Labute approximate surface area is 178 Å². The van der Waals surface area contributed by atoms with Crippen molar-refractivity contribution in [2.45, 2.75) is 40.2 Å². The molecule has 30 heavy (non-hydrogen) atoms. The van der Waals surface area contributed by atoms with Crippen molar-refractivity contribution in [3.8, 4) is 0 Å². The van der Waals surface area contributed by atoms with E-state index >= 15 is 0 Å². The van der Waals surface area contributed by atoms with Gasteiger partial charge in [0, 0.05) is 32.0 Å². The van der Waals surface area contributed by atoms with E-state index in [1.807, 2.05) is 43.8 Å². The van der Waals surface area contributed by atoms with Gasteiger partial charge in [-0.05, 0) is 36.6 Å². The minimum atomic E-state index is -0.505. The van der Waals surface area contributed by atoms with E-state index in [0.29, 0.717) is 19.6 Å². The number of halogens is 1. The van der Waals surface area contributed by atoms with E-state index < -0.39 is 11.8 Å². The molecule has 1 heterocycles. The first-order valence-electron chi connectivity index (χ1n) is 10.5. The van der Waals surface area contributed by atoms with Gasteiger partial charge < -0.3 is 19.7 Å². The third kappa shape index (κ3) is 6.90. The zero-order valence-electron chi connectivity index (χ0n) is 18.4. The molecule has 0 aliphatic heterocycles. The average Bonchev–Trinajstić information content (AvgIpc) is 3.10. The predicted molar refractivity (Wildman–Crippen MR) is 118 cm³/mol. The number of unbranched alkanes of at least 4 members (excludes halogenated alkanes) is 1. The highest BCUT2D eigenvalue weighted by Crippen LogP contribution is 2.14. The highest BCUT2D eigenvalue weighted by Gasteiger charge is 2.23. The number of hydrogen-bond donors (Lipinski definition) is 1. The Morgan fingerprint density at radius 2 is 1.87 bits per heavy atom. The molecule has 7 heteroatoms. The number of carbonyl (C=O) groups is 2. The predicted octanol–water partition coefficient (Wildman–Crippen LogP) is 4.48. The lowest BCUT2D eigenvalue weighted by Gasteiger charge is -2.29. The van der Waals surface area contributed by atoms with Crippen LogP contribution in [0, 0.1) is 11.7 Å². The van der Waals surface area contributed by atoms with Gasteiger partial charge in [0.15, 0.2) is 0 Å². The zero-order valence-corrected chi connectivity index (χ0v) is 18.4. The van der Waals surface area contributed by atoms with Gasteiger partial charge in [-0.2, -0.15) is 0 Å². The third-order valence-electron chi connectivity index (χ3n) is 4.85. The molecule has 1 N–H and O–H groups in total. The van der Waals surface area contributed by atoms with Crippen molar-refractivity contribution in [2.24, 2.45) is 13.0 Å². The summed E-state index contributed by atoms with van der Waals surface area (Å²) in [5.41, 5.74) is 1.14. The van der Waals surface area contributed by atoms with E-state index in [1.165, 1.54) is 17.0 Å². The van der Waals surface area contributed by atoms with E-state index in [2.05, 4.69) is 12.2 Å². The number of aryl methyl sites for hydroxylation is 1. The number of hydrogen-bond acceptors (Lipinski definition) is 2. The van der Waals surface area contributed by atoms with Crippen LogP contribution in [0.1, 0.15) is 39.3 Å². The van der Waals surface area contributed by atoms with Crippen LogP contribution in [0.25, 0.3) is 0 Å². The summed E-state index contributed by atoms with van der Waals surface area (Å²) in [4.78, 5) is 29.2. The summed E-state index contributed by atoms with van der Waals surface area (Å²) in [5.74, 6) is -0.454. The van der Waals surface area contributed by atoms with Gasteiger partial charge in [0.2, 0.25) is 5.91 Å². The molecular weight excluding hydrogens is 383 g/mol. The van der Waals surface area contributed by atoms with Crippen LogP contribution in [0.4, 0.5) is 14.9 Å². The molecule has 6 nitrogen and oxygen atoms in total. The zero-order chi connectivity index (χ0) is 22.1. The lowest BCUT2D eigenvalue weighted by Crippen LogP contribution is -2.46. The number of anilines is 1. The molecule has 0 unspecified atom stereocenters. The summed E-state index contributed by atoms with van der Waals surface area (Å²) in [5, 5.41) is 2.59. The summed E-state index contributed by atoms with van der Waals surface area (Å²) in [7, 11) is 1.95. The minimum absolute atomic E-state index is 0.0490. The Kier molecular flexibility index (Phi) is 8.89. The number of carbonyl (C=O) groups excluding carboxylic acids is 2. The van der Waals surface area contributed by atoms with Gasteiger partial charge in [0.05, 0.1) is 12.2 Å². The van der Waals surface area contributed by atoms with Crippen molar-refractivity contribution < 1.29 is 14.0 Å².